The quantitative estimate of drug-likeness (QED) is 0.462. The summed E-state index contributed by atoms with van der Waals surface area (Å²) in [5, 5.41) is 2.54. The van der Waals surface area contributed by atoms with Crippen molar-refractivity contribution in [1.29, 1.82) is 0 Å². The molecule has 38 heavy (non-hydrogen) atoms. The lowest BCUT2D eigenvalue weighted by molar-refractivity contribution is -0.145. The van der Waals surface area contributed by atoms with Gasteiger partial charge in [-0.25, -0.2) is 27.2 Å². The van der Waals surface area contributed by atoms with Crippen molar-refractivity contribution in [3.05, 3.63) is 71.9 Å². The van der Waals surface area contributed by atoms with E-state index in [1.807, 2.05) is 0 Å². The third-order valence-corrected chi connectivity index (χ3v) is 8.42. The van der Waals surface area contributed by atoms with Crippen molar-refractivity contribution in [2.24, 2.45) is 5.92 Å². The minimum atomic E-state index is -4.72. The molecule has 0 aliphatic carbocycles. The molecular weight excluding hydrogens is 533 g/mol. The van der Waals surface area contributed by atoms with Gasteiger partial charge in [-0.2, -0.15) is 17.5 Å². The molecular formula is C24H22F5N5O3S. The highest BCUT2D eigenvalue weighted by atomic mass is 32.2. The number of amides is 1. The number of nitrogens with one attached hydrogen (secondary N) is 1. The molecule has 0 saturated carbocycles. The van der Waals surface area contributed by atoms with E-state index in [2.05, 4.69) is 20.3 Å². The third kappa shape index (κ3) is 5.50. The molecule has 1 unspecified atom stereocenters. The smallest absolute Gasteiger partial charge is 0.351 e. The molecule has 4 rings (SSSR count). The summed E-state index contributed by atoms with van der Waals surface area (Å²) >= 11 is 0. The van der Waals surface area contributed by atoms with Crippen LogP contribution in [0.1, 0.15) is 31.7 Å². The summed E-state index contributed by atoms with van der Waals surface area (Å²) in [5.41, 5.74) is 0.142. The second-order valence-electron chi connectivity index (χ2n) is 8.93. The van der Waals surface area contributed by atoms with E-state index in [-0.39, 0.29) is 40.6 Å². The van der Waals surface area contributed by atoms with Crippen molar-refractivity contribution in [1.82, 2.24) is 24.6 Å². The minimum absolute atomic E-state index is 0.0321. The number of benzene rings is 1. The number of aromatic nitrogens is 3. The number of rotatable bonds is 6. The first-order valence-corrected chi connectivity index (χ1v) is 12.8. The van der Waals surface area contributed by atoms with Crippen LogP contribution < -0.4 is 5.32 Å². The average Bonchev–Trinajstić information content (AvgIpc) is 3.18. The fraction of sp³-hybridized carbons (Fsp3) is 0.333. The molecule has 0 radical (unpaired) electrons. The molecule has 3 aromatic rings. The predicted molar refractivity (Wildman–Crippen MR) is 125 cm³/mol. The van der Waals surface area contributed by atoms with Crippen LogP contribution in [-0.2, 0) is 27.5 Å². The van der Waals surface area contributed by atoms with E-state index >= 15 is 0 Å². The van der Waals surface area contributed by atoms with Gasteiger partial charge >= 0.3 is 6.18 Å². The lowest BCUT2D eigenvalue weighted by Crippen LogP contribution is -2.48. The maximum absolute atomic E-state index is 14.4. The number of hydrogen-bond donors (Lipinski definition) is 1. The number of sulfonamides is 1. The second kappa shape index (κ2) is 10.3. The van der Waals surface area contributed by atoms with Gasteiger partial charge in [0.25, 0.3) is 0 Å². The van der Waals surface area contributed by atoms with E-state index in [1.165, 1.54) is 6.07 Å². The summed E-state index contributed by atoms with van der Waals surface area (Å²) in [7, 11) is -4.15. The standard InChI is InChI=1S/C24H22F5N5O3S/c1-13-7-21(34(14(13)2)38(36,37)18-5-3-17(25)4-6-18)22(35)31-9-15-8-20(30-12-19(15)26)16-10-32-23(33-11-16)24(27,28)29/h3-6,8,10-14,21H,7,9H2,1-2H3,(H,31,35)/t13-,14?,21-/m0/s1. The van der Waals surface area contributed by atoms with Crippen LogP contribution in [0.15, 0.2) is 53.8 Å². The van der Waals surface area contributed by atoms with Crippen molar-refractivity contribution in [3.63, 3.8) is 0 Å². The van der Waals surface area contributed by atoms with Crippen LogP contribution >= 0.6 is 0 Å². The van der Waals surface area contributed by atoms with E-state index in [4.69, 9.17) is 0 Å². The lowest BCUT2D eigenvalue weighted by Gasteiger charge is -2.27. The molecule has 0 bridgehead atoms. The van der Waals surface area contributed by atoms with Gasteiger partial charge in [0.2, 0.25) is 21.8 Å². The van der Waals surface area contributed by atoms with Gasteiger partial charge in [0.15, 0.2) is 0 Å². The molecule has 1 saturated heterocycles. The van der Waals surface area contributed by atoms with Crippen molar-refractivity contribution in [2.45, 2.75) is 50.0 Å². The Bertz CT molecular complexity index is 1430. The maximum Gasteiger partial charge on any atom is 0.451 e. The molecule has 3 heterocycles. The van der Waals surface area contributed by atoms with Crippen molar-refractivity contribution < 1.29 is 35.2 Å². The highest BCUT2D eigenvalue weighted by Gasteiger charge is 2.47. The molecule has 1 fully saturated rings. The first-order chi connectivity index (χ1) is 17.8. The zero-order valence-electron chi connectivity index (χ0n) is 20.1. The zero-order valence-corrected chi connectivity index (χ0v) is 20.9. The molecule has 1 aliphatic heterocycles. The normalized spacial score (nSPS) is 20.4. The Morgan fingerprint density at radius 1 is 1.05 bits per heavy atom. The molecule has 202 valence electrons. The van der Waals surface area contributed by atoms with E-state index < -0.39 is 51.6 Å². The summed E-state index contributed by atoms with van der Waals surface area (Å²) < 4.78 is 93.6. The topological polar surface area (TPSA) is 105 Å². The van der Waals surface area contributed by atoms with Crippen LogP contribution in [0, 0.1) is 17.6 Å². The lowest BCUT2D eigenvalue weighted by atomic mass is 10.0. The molecule has 2 aromatic heterocycles. The van der Waals surface area contributed by atoms with Gasteiger partial charge in [-0.3, -0.25) is 9.78 Å². The number of hydrogen-bond acceptors (Lipinski definition) is 6. The zero-order chi connectivity index (χ0) is 27.8. The van der Waals surface area contributed by atoms with Gasteiger partial charge in [-0.05, 0) is 49.6 Å². The van der Waals surface area contributed by atoms with Gasteiger partial charge in [0.1, 0.15) is 17.7 Å². The van der Waals surface area contributed by atoms with Crippen molar-refractivity contribution in [2.75, 3.05) is 0 Å². The molecule has 1 N–H and O–H groups in total. The molecule has 8 nitrogen and oxygen atoms in total. The average molecular weight is 556 g/mol. The Balaban J connectivity index is 1.53. The first-order valence-electron chi connectivity index (χ1n) is 11.4. The summed E-state index contributed by atoms with van der Waals surface area (Å²) in [4.78, 5) is 23.3. The predicted octanol–water partition coefficient (Wildman–Crippen LogP) is 3.94. The maximum atomic E-state index is 14.4. The first kappa shape index (κ1) is 27.5. The number of pyridine rings is 1. The SMILES string of the molecule is CC1[C@@H](C)C[C@@H](C(=O)NCc2cc(-c3cnc(C(F)(F)F)nc3)ncc2F)N1S(=O)(=O)c1ccc(F)cc1. The van der Waals surface area contributed by atoms with E-state index in [9.17, 15) is 35.2 Å². The second-order valence-corrected chi connectivity index (χ2v) is 10.8. The fourth-order valence-electron chi connectivity index (χ4n) is 4.21. The highest BCUT2D eigenvalue weighted by molar-refractivity contribution is 7.89. The van der Waals surface area contributed by atoms with Gasteiger partial charge in [0, 0.05) is 36.1 Å². The number of nitrogens with zero attached hydrogens (tertiary/aromatic N) is 4. The molecule has 1 amide bonds. The molecule has 0 spiro atoms. The van der Waals surface area contributed by atoms with Gasteiger partial charge in [-0.15, -0.1) is 0 Å². The summed E-state index contributed by atoms with van der Waals surface area (Å²) in [5.74, 6) is -3.57. The Hall–Kier alpha value is -3.52. The Morgan fingerprint density at radius 2 is 1.68 bits per heavy atom. The van der Waals surface area contributed by atoms with Crippen LogP contribution in [0.2, 0.25) is 0 Å². The van der Waals surface area contributed by atoms with Crippen LogP contribution in [0.4, 0.5) is 22.0 Å². The monoisotopic (exact) mass is 555 g/mol. The van der Waals surface area contributed by atoms with Crippen LogP contribution in [0.3, 0.4) is 0 Å². The van der Waals surface area contributed by atoms with Gasteiger partial charge < -0.3 is 5.32 Å². The van der Waals surface area contributed by atoms with Crippen molar-refractivity contribution in [3.8, 4) is 11.3 Å². The number of alkyl halides is 3. The molecule has 1 aliphatic rings. The Kier molecular flexibility index (Phi) is 7.48. The summed E-state index contributed by atoms with van der Waals surface area (Å²) in [6.45, 7) is 3.12. The van der Waals surface area contributed by atoms with E-state index in [0.717, 1.165) is 47.2 Å². The van der Waals surface area contributed by atoms with E-state index in [1.54, 1.807) is 13.8 Å². The number of carbonyl (C=O) groups is 1. The summed E-state index contributed by atoms with van der Waals surface area (Å²) in [6.07, 6.45) is -1.87. The largest absolute Gasteiger partial charge is 0.451 e. The number of halogens is 5. The fourth-order valence-corrected chi connectivity index (χ4v) is 6.09. The van der Waals surface area contributed by atoms with Gasteiger partial charge in [-0.1, -0.05) is 6.92 Å². The summed E-state index contributed by atoms with van der Waals surface area (Å²) in [6, 6.07) is 3.86. The molecule has 14 heteroatoms. The molecule has 1 aromatic carbocycles. The van der Waals surface area contributed by atoms with Crippen LogP contribution in [0.25, 0.3) is 11.3 Å². The van der Waals surface area contributed by atoms with Crippen LogP contribution in [0.5, 0.6) is 0 Å². The van der Waals surface area contributed by atoms with Crippen molar-refractivity contribution >= 4 is 15.9 Å². The minimum Gasteiger partial charge on any atom is -0.351 e. The Morgan fingerprint density at radius 3 is 2.29 bits per heavy atom. The molecule has 3 atom stereocenters. The van der Waals surface area contributed by atoms with E-state index in [0.29, 0.717) is 0 Å². The van der Waals surface area contributed by atoms with Crippen LogP contribution in [-0.4, -0.2) is 45.7 Å². The number of carbonyl (C=O) groups excluding carboxylic acids is 1. The highest BCUT2D eigenvalue weighted by Crippen LogP contribution is 2.35. The Labute approximate surface area is 215 Å². The van der Waals surface area contributed by atoms with Gasteiger partial charge in [0.05, 0.1) is 16.8 Å². The third-order valence-electron chi connectivity index (χ3n) is 6.41.